The van der Waals surface area contributed by atoms with E-state index in [2.05, 4.69) is 14.9 Å². The van der Waals surface area contributed by atoms with Gasteiger partial charge >= 0.3 is 0 Å². The normalized spacial score (nSPS) is 17.6. The van der Waals surface area contributed by atoms with Crippen molar-refractivity contribution in [1.29, 1.82) is 0 Å². The number of carbonyl (C=O) groups excluding carboxylic acids is 1. The van der Waals surface area contributed by atoms with Gasteiger partial charge in [0, 0.05) is 42.8 Å². The average Bonchev–Trinajstić information content (AvgIpc) is 2.92. The Morgan fingerprint density at radius 3 is 3.25 bits per heavy atom. The molecule has 2 aromatic rings. The van der Waals surface area contributed by atoms with Crippen molar-refractivity contribution in [3.63, 3.8) is 0 Å². The summed E-state index contributed by atoms with van der Waals surface area (Å²) in [5.74, 6) is 1.11. The highest BCUT2D eigenvalue weighted by Gasteiger charge is 2.24. The Labute approximate surface area is 122 Å². The summed E-state index contributed by atoms with van der Waals surface area (Å²) in [5, 5.41) is 3.68. The average molecular weight is 290 g/mol. The zero-order valence-corrected chi connectivity index (χ0v) is 11.8. The molecule has 1 aromatic carbocycles. The SMILES string of the molecule is O=C(NCc1cccc(Cl)c1)C1CCn2ccnc2C1. The van der Waals surface area contributed by atoms with Crippen LogP contribution < -0.4 is 5.32 Å². The summed E-state index contributed by atoms with van der Waals surface area (Å²) in [7, 11) is 0. The molecule has 0 bridgehead atoms. The number of aryl methyl sites for hydroxylation is 1. The molecule has 1 aromatic heterocycles. The maximum Gasteiger partial charge on any atom is 0.223 e. The first-order valence-electron chi connectivity index (χ1n) is 6.74. The van der Waals surface area contributed by atoms with Crippen LogP contribution in [-0.2, 0) is 24.3 Å². The van der Waals surface area contributed by atoms with Crippen LogP contribution in [0, 0.1) is 5.92 Å². The fourth-order valence-corrected chi connectivity index (χ4v) is 2.77. The van der Waals surface area contributed by atoms with E-state index in [0.29, 0.717) is 18.0 Å². The fourth-order valence-electron chi connectivity index (χ4n) is 2.56. The van der Waals surface area contributed by atoms with Gasteiger partial charge in [-0.05, 0) is 24.1 Å². The highest BCUT2D eigenvalue weighted by molar-refractivity contribution is 6.30. The van der Waals surface area contributed by atoms with Crippen LogP contribution in [0.3, 0.4) is 0 Å². The number of amides is 1. The number of hydrogen-bond acceptors (Lipinski definition) is 2. The summed E-state index contributed by atoms with van der Waals surface area (Å²) in [6, 6.07) is 7.55. The number of rotatable bonds is 3. The minimum Gasteiger partial charge on any atom is -0.352 e. The van der Waals surface area contributed by atoms with Crippen molar-refractivity contribution in [1.82, 2.24) is 14.9 Å². The van der Waals surface area contributed by atoms with Crippen LogP contribution in [-0.4, -0.2) is 15.5 Å². The molecule has 1 aliphatic rings. The van der Waals surface area contributed by atoms with Crippen LogP contribution in [0.4, 0.5) is 0 Å². The third-order valence-corrected chi connectivity index (χ3v) is 3.91. The lowest BCUT2D eigenvalue weighted by atomic mass is 9.97. The van der Waals surface area contributed by atoms with E-state index in [9.17, 15) is 4.79 Å². The highest BCUT2D eigenvalue weighted by atomic mass is 35.5. The van der Waals surface area contributed by atoms with E-state index >= 15 is 0 Å². The van der Waals surface area contributed by atoms with E-state index < -0.39 is 0 Å². The molecule has 5 heteroatoms. The Hall–Kier alpha value is -1.81. The molecule has 0 fully saturated rings. The Morgan fingerprint density at radius 2 is 2.40 bits per heavy atom. The number of carbonyl (C=O) groups is 1. The van der Waals surface area contributed by atoms with Gasteiger partial charge in [-0.25, -0.2) is 4.98 Å². The molecule has 1 N–H and O–H groups in total. The first-order valence-corrected chi connectivity index (χ1v) is 7.12. The number of fused-ring (bicyclic) bond motifs is 1. The van der Waals surface area contributed by atoms with Crippen LogP contribution in [0.25, 0.3) is 0 Å². The zero-order valence-electron chi connectivity index (χ0n) is 11.1. The van der Waals surface area contributed by atoms with Crippen molar-refractivity contribution in [3.05, 3.63) is 53.1 Å². The Bertz CT molecular complexity index is 623. The van der Waals surface area contributed by atoms with Crippen molar-refractivity contribution in [2.24, 2.45) is 5.92 Å². The number of nitrogens with zero attached hydrogens (tertiary/aromatic N) is 2. The van der Waals surface area contributed by atoms with Gasteiger partial charge < -0.3 is 9.88 Å². The van der Waals surface area contributed by atoms with Gasteiger partial charge in [-0.2, -0.15) is 0 Å². The summed E-state index contributed by atoms with van der Waals surface area (Å²) in [6.07, 6.45) is 5.34. The maximum absolute atomic E-state index is 12.2. The second-order valence-corrected chi connectivity index (χ2v) is 5.51. The van der Waals surface area contributed by atoms with Gasteiger partial charge in [0.25, 0.3) is 0 Å². The van der Waals surface area contributed by atoms with Gasteiger partial charge in [0.2, 0.25) is 5.91 Å². The topological polar surface area (TPSA) is 46.9 Å². The van der Waals surface area contributed by atoms with E-state index in [-0.39, 0.29) is 11.8 Å². The summed E-state index contributed by atoms with van der Waals surface area (Å²) < 4.78 is 2.11. The van der Waals surface area contributed by atoms with E-state index in [1.54, 1.807) is 6.20 Å². The van der Waals surface area contributed by atoms with E-state index in [1.807, 2.05) is 30.5 Å². The van der Waals surface area contributed by atoms with Gasteiger partial charge in [-0.1, -0.05) is 23.7 Å². The molecule has 0 spiro atoms. The molecule has 20 heavy (non-hydrogen) atoms. The van der Waals surface area contributed by atoms with Crippen LogP contribution in [0.1, 0.15) is 17.8 Å². The lowest BCUT2D eigenvalue weighted by Gasteiger charge is -2.22. The molecule has 1 atom stereocenters. The molecule has 1 unspecified atom stereocenters. The number of halogens is 1. The molecule has 3 rings (SSSR count). The minimum absolute atomic E-state index is 0.0177. The molecule has 1 amide bonds. The van der Waals surface area contributed by atoms with Crippen molar-refractivity contribution < 1.29 is 4.79 Å². The van der Waals surface area contributed by atoms with E-state index in [4.69, 9.17) is 11.6 Å². The smallest absolute Gasteiger partial charge is 0.223 e. The lowest BCUT2D eigenvalue weighted by Crippen LogP contribution is -2.35. The fraction of sp³-hybridized carbons (Fsp3) is 0.333. The summed E-state index contributed by atoms with van der Waals surface area (Å²) in [4.78, 5) is 16.5. The molecular weight excluding hydrogens is 274 g/mol. The van der Waals surface area contributed by atoms with Crippen molar-refractivity contribution >= 4 is 17.5 Å². The largest absolute Gasteiger partial charge is 0.352 e. The van der Waals surface area contributed by atoms with Crippen molar-refractivity contribution in [3.8, 4) is 0 Å². The third kappa shape index (κ3) is 2.85. The second kappa shape index (κ2) is 5.67. The summed E-state index contributed by atoms with van der Waals surface area (Å²) in [6.45, 7) is 1.38. The first-order chi connectivity index (χ1) is 9.72. The minimum atomic E-state index is 0.0177. The van der Waals surface area contributed by atoms with Crippen LogP contribution in [0.2, 0.25) is 5.02 Å². The first kappa shape index (κ1) is 13.2. The third-order valence-electron chi connectivity index (χ3n) is 3.68. The lowest BCUT2D eigenvalue weighted by molar-refractivity contribution is -0.125. The number of benzene rings is 1. The van der Waals surface area contributed by atoms with Gasteiger partial charge in [0.05, 0.1) is 0 Å². The molecule has 4 nitrogen and oxygen atoms in total. The van der Waals surface area contributed by atoms with Crippen molar-refractivity contribution in [2.45, 2.75) is 25.9 Å². The highest BCUT2D eigenvalue weighted by Crippen LogP contribution is 2.19. The monoisotopic (exact) mass is 289 g/mol. The quantitative estimate of drug-likeness (QED) is 0.943. The maximum atomic E-state index is 12.2. The number of imidazole rings is 1. The molecule has 0 saturated carbocycles. The number of hydrogen-bond donors (Lipinski definition) is 1. The van der Waals surface area contributed by atoms with Gasteiger partial charge in [0.15, 0.2) is 0 Å². The Kier molecular flexibility index (Phi) is 3.74. The summed E-state index contributed by atoms with van der Waals surface area (Å²) in [5.41, 5.74) is 1.02. The number of aromatic nitrogens is 2. The van der Waals surface area contributed by atoms with Gasteiger partial charge in [-0.15, -0.1) is 0 Å². The van der Waals surface area contributed by atoms with Gasteiger partial charge in [0.1, 0.15) is 5.82 Å². The molecule has 2 heterocycles. The van der Waals surface area contributed by atoms with Crippen LogP contribution >= 0.6 is 11.6 Å². The molecule has 0 saturated heterocycles. The van der Waals surface area contributed by atoms with E-state index in [0.717, 1.165) is 24.4 Å². The zero-order chi connectivity index (χ0) is 13.9. The second-order valence-electron chi connectivity index (χ2n) is 5.07. The molecule has 1 aliphatic heterocycles. The van der Waals surface area contributed by atoms with Crippen LogP contribution in [0.5, 0.6) is 0 Å². The molecule has 104 valence electrons. The molecule has 0 aliphatic carbocycles. The Morgan fingerprint density at radius 1 is 1.50 bits per heavy atom. The van der Waals surface area contributed by atoms with E-state index in [1.165, 1.54) is 0 Å². The van der Waals surface area contributed by atoms with Crippen molar-refractivity contribution in [2.75, 3.05) is 0 Å². The molecule has 0 radical (unpaired) electrons. The van der Waals surface area contributed by atoms with Gasteiger partial charge in [-0.3, -0.25) is 4.79 Å². The summed E-state index contributed by atoms with van der Waals surface area (Å²) >= 11 is 5.93. The standard InChI is InChI=1S/C15H16ClN3O/c16-13-3-1-2-11(8-13)10-18-15(20)12-4-6-19-7-5-17-14(19)9-12/h1-3,5,7-8,12H,4,6,9-10H2,(H,18,20). The van der Waals surface area contributed by atoms with Crippen LogP contribution in [0.15, 0.2) is 36.7 Å². The predicted octanol–water partition coefficient (Wildman–Crippen LogP) is 2.42. The number of nitrogens with one attached hydrogen (secondary N) is 1. The Balaban J connectivity index is 1.58. The molecular formula is C15H16ClN3O. The predicted molar refractivity (Wildman–Crippen MR) is 77.3 cm³/mol.